The summed E-state index contributed by atoms with van der Waals surface area (Å²) in [4.78, 5) is 31.6. The number of anilines is 3. The van der Waals surface area contributed by atoms with Crippen LogP contribution in [0.2, 0.25) is 0 Å². The highest BCUT2D eigenvalue weighted by Gasteiger charge is 2.47. The van der Waals surface area contributed by atoms with Gasteiger partial charge >= 0.3 is 0 Å². The number of carbonyl (C=O) groups is 2. The van der Waals surface area contributed by atoms with Crippen LogP contribution in [-0.4, -0.2) is 37.6 Å². The lowest BCUT2D eigenvalue weighted by molar-refractivity contribution is -0.122. The van der Waals surface area contributed by atoms with Gasteiger partial charge in [0.25, 0.3) is 0 Å². The molecule has 2 bridgehead atoms. The van der Waals surface area contributed by atoms with Crippen molar-refractivity contribution in [1.82, 2.24) is 19.7 Å². The van der Waals surface area contributed by atoms with Gasteiger partial charge in [-0.15, -0.1) is 0 Å². The molecule has 2 heterocycles. The number of rotatable bonds is 7. The number of aromatic nitrogens is 4. The smallest absolute Gasteiger partial charge is 0.239 e. The van der Waals surface area contributed by atoms with Gasteiger partial charge in [0.05, 0.1) is 22.3 Å². The van der Waals surface area contributed by atoms with Gasteiger partial charge in [0.2, 0.25) is 17.8 Å². The first-order chi connectivity index (χ1) is 13.4. The molecule has 2 aromatic heterocycles. The van der Waals surface area contributed by atoms with E-state index in [4.69, 9.17) is 11.5 Å². The number of carbonyl (C=O) groups excluding carboxylic acids is 2. The van der Waals surface area contributed by atoms with Crippen LogP contribution in [0.4, 0.5) is 17.5 Å². The van der Waals surface area contributed by atoms with Gasteiger partial charge in [-0.2, -0.15) is 10.1 Å². The molecular weight excluding hydrogens is 428 g/mol. The van der Waals surface area contributed by atoms with E-state index < -0.39 is 5.91 Å². The van der Waals surface area contributed by atoms with Gasteiger partial charge in [-0.1, -0.05) is 12.2 Å². The lowest BCUT2D eigenvalue weighted by Gasteiger charge is -2.27. The maximum absolute atomic E-state index is 11.9. The van der Waals surface area contributed by atoms with E-state index in [-0.39, 0.29) is 36.2 Å². The number of fused-ring (bicyclic) bond motifs is 2. The molecule has 2 aliphatic carbocycles. The summed E-state index contributed by atoms with van der Waals surface area (Å²) in [5, 5.41) is 10.4. The number of primary amides is 2. The number of amides is 2. The van der Waals surface area contributed by atoms with Gasteiger partial charge in [-0.3, -0.25) is 14.3 Å². The molecule has 2 aromatic rings. The van der Waals surface area contributed by atoms with Crippen molar-refractivity contribution >= 4 is 45.2 Å². The van der Waals surface area contributed by atoms with Gasteiger partial charge in [-0.05, 0) is 34.2 Å². The van der Waals surface area contributed by atoms with E-state index in [1.807, 2.05) is 0 Å². The molecule has 1 fully saturated rings. The summed E-state index contributed by atoms with van der Waals surface area (Å²) < 4.78 is 2.10. The molecule has 2 amide bonds. The highest BCUT2D eigenvalue weighted by atomic mass is 79.9. The highest BCUT2D eigenvalue weighted by molar-refractivity contribution is 9.10. The molecule has 146 valence electrons. The van der Waals surface area contributed by atoms with Crippen molar-refractivity contribution in [3.05, 3.63) is 35.2 Å². The topological polar surface area (TPSA) is 154 Å². The van der Waals surface area contributed by atoms with Gasteiger partial charge in [0.1, 0.15) is 12.4 Å². The zero-order valence-corrected chi connectivity index (χ0v) is 16.3. The Morgan fingerprint density at radius 1 is 1.25 bits per heavy atom. The summed E-state index contributed by atoms with van der Waals surface area (Å²) in [5.74, 6) is 0.282. The Labute approximate surface area is 168 Å². The molecule has 0 aliphatic heterocycles. The van der Waals surface area contributed by atoms with E-state index >= 15 is 0 Å². The number of hydrogen-bond donors (Lipinski definition) is 4. The first-order valence-corrected chi connectivity index (χ1v) is 9.54. The Balaban J connectivity index is 1.51. The fourth-order valence-electron chi connectivity index (χ4n) is 3.90. The minimum absolute atomic E-state index is 0.0120. The Morgan fingerprint density at radius 3 is 2.79 bits per heavy atom. The summed E-state index contributed by atoms with van der Waals surface area (Å²) in [7, 11) is 0. The second-order valence-corrected chi connectivity index (χ2v) is 7.81. The van der Waals surface area contributed by atoms with E-state index in [0.717, 1.165) is 6.42 Å². The van der Waals surface area contributed by atoms with Crippen LogP contribution in [0.25, 0.3) is 0 Å². The second-order valence-electron chi connectivity index (χ2n) is 6.95. The lowest BCUT2D eigenvalue weighted by atomic mass is 9.88. The van der Waals surface area contributed by atoms with E-state index in [9.17, 15) is 9.59 Å². The summed E-state index contributed by atoms with van der Waals surface area (Å²) in [6.07, 6.45) is 9.91. The van der Waals surface area contributed by atoms with Crippen molar-refractivity contribution < 1.29 is 9.59 Å². The van der Waals surface area contributed by atoms with Gasteiger partial charge in [0, 0.05) is 18.4 Å². The zero-order chi connectivity index (χ0) is 19.8. The van der Waals surface area contributed by atoms with Crippen LogP contribution < -0.4 is 22.1 Å². The Hall–Kier alpha value is -2.95. The van der Waals surface area contributed by atoms with Crippen LogP contribution in [-0.2, 0) is 16.1 Å². The van der Waals surface area contributed by atoms with E-state index in [1.165, 1.54) is 4.68 Å². The molecule has 0 unspecified atom stereocenters. The van der Waals surface area contributed by atoms with Crippen LogP contribution in [0.5, 0.6) is 0 Å². The molecule has 10 nitrogen and oxygen atoms in total. The van der Waals surface area contributed by atoms with Crippen molar-refractivity contribution in [1.29, 1.82) is 0 Å². The average molecular weight is 447 g/mol. The van der Waals surface area contributed by atoms with Gasteiger partial charge in [0.15, 0.2) is 0 Å². The highest BCUT2D eigenvalue weighted by Crippen LogP contribution is 2.45. The van der Waals surface area contributed by atoms with Crippen molar-refractivity contribution in [3.63, 3.8) is 0 Å². The van der Waals surface area contributed by atoms with E-state index in [1.54, 1.807) is 18.6 Å². The number of hydrogen-bond acceptors (Lipinski definition) is 7. The minimum atomic E-state index is -0.482. The summed E-state index contributed by atoms with van der Waals surface area (Å²) in [6, 6.07) is -0.107. The summed E-state index contributed by atoms with van der Waals surface area (Å²) in [6.45, 7) is -0.0120. The fraction of sp³-hybridized carbons (Fsp3) is 0.353. The molecule has 11 heteroatoms. The Bertz CT molecular complexity index is 958. The second kappa shape index (κ2) is 7.23. The van der Waals surface area contributed by atoms with Crippen molar-refractivity contribution in [2.75, 3.05) is 10.6 Å². The fourth-order valence-corrected chi connectivity index (χ4v) is 4.20. The molecule has 0 spiro atoms. The van der Waals surface area contributed by atoms with Crippen LogP contribution in [0.3, 0.4) is 0 Å². The third kappa shape index (κ3) is 3.57. The van der Waals surface area contributed by atoms with Crippen LogP contribution in [0.1, 0.15) is 6.42 Å². The molecule has 2 aliphatic rings. The third-order valence-corrected chi connectivity index (χ3v) is 5.62. The normalized spacial score (nSPS) is 25.0. The predicted molar refractivity (Wildman–Crippen MR) is 105 cm³/mol. The van der Waals surface area contributed by atoms with Crippen LogP contribution in [0, 0.1) is 17.8 Å². The Morgan fingerprint density at radius 2 is 2.04 bits per heavy atom. The minimum Gasteiger partial charge on any atom is -0.369 e. The van der Waals surface area contributed by atoms with Crippen LogP contribution >= 0.6 is 15.9 Å². The molecule has 0 saturated heterocycles. The predicted octanol–water partition coefficient (Wildman–Crippen LogP) is 0.752. The molecule has 4 atom stereocenters. The average Bonchev–Trinajstić information content (AvgIpc) is 3.33. The zero-order valence-electron chi connectivity index (χ0n) is 14.7. The number of nitrogens with zero attached hydrogens (tertiary/aromatic N) is 4. The van der Waals surface area contributed by atoms with Gasteiger partial charge in [-0.25, -0.2) is 4.98 Å². The van der Waals surface area contributed by atoms with E-state index in [2.05, 4.69) is 53.8 Å². The monoisotopic (exact) mass is 446 g/mol. The molecule has 6 N–H and O–H groups in total. The molecule has 0 radical (unpaired) electrons. The van der Waals surface area contributed by atoms with Crippen molar-refractivity contribution in [2.24, 2.45) is 29.2 Å². The molecular formula is C17H19BrN8O2. The number of nitrogens with one attached hydrogen (secondary N) is 2. The lowest BCUT2D eigenvalue weighted by Crippen LogP contribution is -2.41. The number of nitrogens with two attached hydrogens (primary N) is 2. The number of allylic oxidation sites excluding steroid dienone is 1. The van der Waals surface area contributed by atoms with Crippen molar-refractivity contribution in [3.8, 4) is 0 Å². The quantitative estimate of drug-likeness (QED) is 0.457. The first kappa shape index (κ1) is 18.4. The number of halogens is 1. The largest absolute Gasteiger partial charge is 0.369 e. The standard InChI is InChI=1S/C17H19BrN8O2/c18-11-5-21-17(23-10-4-22-26(6-10)7-12(19)27)25-16(11)24-14-9-2-1-8(3-9)13(14)15(20)28/h1-2,4-6,8-9,13-14H,3,7H2,(H2,19,27)(H2,20,28)(H2,21,23,24,25)/t8-,9+,13+,14-/m1/s1. The third-order valence-electron chi connectivity index (χ3n) is 5.04. The van der Waals surface area contributed by atoms with E-state index in [0.29, 0.717) is 21.9 Å². The molecule has 28 heavy (non-hydrogen) atoms. The van der Waals surface area contributed by atoms with Crippen molar-refractivity contribution in [2.45, 2.75) is 19.0 Å². The summed E-state index contributed by atoms with van der Waals surface area (Å²) in [5.41, 5.74) is 11.4. The summed E-state index contributed by atoms with van der Waals surface area (Å²) >= 11 is 3.45. The molecule has 0 aromatic carbocycles. The Kier molecular flexibility index (Phi) is 4.75. The SMILES string of the molecule is NC(=O)Cn1cc(Nc2ncc(Br)c(N[C@H]3[C@@H](C(N)=O)[C@@H]4C=C[C@H]3C4)n2)cn1. The maximum atomic E-state index is 11.9. The maximum Gasteiger partial charge on any atom is 0.239 e. The molecule has 1 saturated carbocycles. The van der Waals surface area contributed by atoms with Gasteiger partial charge < -0.3 is 22.1 Å². The first-order valence-electron chi connectivity index (χ1n) is 8.75. The van der Waals surface area contributed by atoms with Crippen LogP contribution in [0.15, 0.2) is 35.2 Å². The molecule has 4 rings (SSSR count).